The number of hydrogen-bond acceptors (Lipinski definition) is 2. The van der Waals surface area contributed by atoms with Crippen LogP contribution in [-0.4, -0.2) is 14.7 Å². The first-order valence-electron chi connectivity index (χ1n) is 6.28. The molecule has 0 unspecified atom stereocenters. The highest BCUT2D eigenvalue weighted by atomic mass is 79.9. The van der Waals surface area contributed by atoms with Crippen LogP contribution >= 0.6 is 27.3 Å². The van der Waals surface area contributed by atoms with Crippen molar-refractivity contribution in [2.24, 2.45) is 5.41 Å². The predicted molar refractivity (Wildman–Crippen MR) is 76.1 cm³/mol. The number of aromatic nitrogens is 2. The van der Waals surface area contributed by atoms with Gasteiger partial charge in [-0.3, -0.25) is 4.40 Å². The van der Waals surface area contributed by atoms with E-state index in [0.29, 0.717) is 5.41 Å². The Labute approximate surface area is 114 Å². The number of alkyl halides is 1. The number of nitrogens with zero attached hydrogens (tertiary/aromatic N) is 2. The summed E-state index contributed by atoms with van der Waals surface area (Å²) < 4.78 is 2.14. The van der Waals surface area contributed by atoms with Crippen LogP contribution in [0.3, 0.4) is 0 Å². The zero-order chi connectivity index (χ0) is 11.7. The second-order valence-electron chi connectivity index (χ2n) is 5.20. The smallest absolute Gasteiger partial charge is 0.193 e. The summed E-state index contributed by atoms with van der Waals surface area (Å²) in [6.07, 6.45) is 12.3. The number of halogens is 1. The van der Waals surface area contributed by atoms with Crippen LogP contribution in [0.25, 0.3) is 4.96 Å². The Bertz CT molecular complexity index is 468. The molecule has 3 rings (SSSR count). The Morgan fingerprint density at radius 1 is 1.35 bits per heavy atom. The van der Waals surface area contributed by atoms with Crippen molar-refractivity contribution < 1.29 is 0 Å². The third-order valence-electron chi connectivity index (χ3n) is 3.90. The third-order valence-corrected chi connectivity index (χ3v) is 5.86. The van der Waals surface area contributed by atoms with Gasteiger partial charge >= 0.3 is 0 Å². The molecule has 2 nitrogen and oxygen atoms in total. The van der Waals surface area contributed by atoms with Crippen LogP contribution in [0.2, 0.25) is 0 Å². The molecule has 92 valence electrons. The molecule has 0 radical (unpaired) electrons. The normalized spacial score (nSPS) is 19.8. The summed E-state index contributed by atoms with van der Waals surface area (Å²) in [7, 11) is 0. The van der Waals surface area contributed by atoms with Gasteiger partial charge in [0.15, 0.2) is 4.96 Å². The van der Waals surface area contributed by atoms with Crippen LogP contribution in [0.5, 0.6) is 0 Å². The molecule has 1 saturated carbocycles. The van der Waals surface area contributed by atoms with Gasteiger partial charge in [-0.2, -0.15) is 0 Å². The van der Waals surface area contributed by atoms with Gasteiger partial charge in [-0.15, -0.1) is 11.3 Å². The molecule has 1 aliphatic carbocycles. The summed E-state index contributed by atoms with van der Waals surface area (Å²) >= 11 is 5.45. The van der Waals surface area contributed by atoms with Crippen LogP contribution in [0, 0.1) is 5.41 Å². The van der Waals surface area contributed by atoms with E-state index in [4.69, 9.17) is 4.98 Å². The molecule has 0 aromatic carbocycles. The van der Waals surface area contributed by atoms with E-state index in [2.05, 4.69) is 38.1 Å². The molecule has 0 N–H and O–H groups in total. The molecule has 1 aliphatic rings. The lowest BCUT2D eigenvalue weighted by Gasteiger charge is -2.35. The number of imidazole rings is 1. The molecule has 4 heteroatoms. The van der Waals surface area contributed by atoms with Crippen molar-refractivity contribution in [3.63, 3.8) is 0 Å². The van der Waals surface area contributed by atoms with Gasteiger partial charge in [-0.1, -0.05) is 35.2 Å². The fourth-order valence-electron chi connectivity index (χ4n) is 2.90. The van der Waals surface area contributed by atoms with E-state index in [1.54, 1.807) is 11.3 Å². The Morgan fingerprint density at radius 2 is 2.18 bits per heavy atom. The summed E-state index contributed by atoms with van der Waals surface area (Å²) in [6, 6.07) is 0. The lowest BCUT2D eigenvalue weighted by Crippen LogP contribution is -2.28. The summed E-state index contributed by atoms with van der Waals surface area (Å²) in [6.45, 7) is 0. The highest BCUT2D eigenvalue weighted by Gasteiger charge is 2.31. The van der Waals surface area contributed by atoms with Crippen molar-refractivity contribution in [3.05, 3.63) is 23.5 Å². The quantitative estimate of drug-likeness (QED) is 0.773. The Balaban J connectivity index is 1.82. The monoisotopic (exact) mass is 312 g/mol. The highest BCUT2D eigenvalue weighted by molar-refractivity contribution is 9.09. The second-order valence-corrected chi connectivity index (χ2v) is 6.63. The van der Waals surface area contributed by atoms with Crippen molar-refractivity contribution in [2.45, 2.75) is 38.5 Å². The van der Waals surface area contributed by atoms with Crippen molar-refractivity contribution in [1.29, 1.82) is 0 Å². The summed E-state index contributed by atoms with van der Waals surface area (Å²) in [5.41, 5.74) is 1.72. The zero-order valence-electron chi connectivity index (χ0n) is 9.86. The van der Waals surface area contributed by atoms with E-state index in [1.807, 2.05) is 0 Å². The molecule has 0 saturated heterocycles. The topological polar surface area (TPSA) is 17.3 Å². The van der Waals surface area contributed by atoms with Crippen molar-refractivity contribution in [3.8, 4) is 0 Å². The average Bonchev–Trinajstić information content (AvgIpc) is 2.91. The lowest BCUT2D eigenvalue weighted by molar-refractivity contribution is 0.221. The minimum atomic E-state index is 0.461. The van der Waals surface area contributed by atoms with Gasteiger partial charge in [0.1, 0.15) is 0 Å². The minimum Gasteiger partial charge on any atom is -0.297 e. The molecule has 0 aliphatic heterocycles. The number of rotatable bonds is 3. The third kappa shape index (κ3) is 2.29. The Kier molecular flexibility index (Phi) is 3.26. The van der Waals surface area contributed by atoms with E-state index in [0.717, 1.165) is 16.7 Å². The van der Waals surface area contributed by atoms with Gasteiger partial charge in [-0.05, 0) is 24.7 Å². The molecule has 2 aromatic rings. The van der Waals surface area contributed by atoms with Gasteiger partial charge in [-0.25, -0.2) is 4.98 Å². The first-order valence-corrected chi connectivity index (χ1v) is 8.29. The molecular weight excluding hydrogens is 296 g/mol. The maximum Gasteiger partial charge on any atom is 0.193 e. The summed E-state index contributed by atoms with van der Waals surface area (Å²) in [5, 5.41) is 3.21. The fraction of sp³-hybridized carbons (Fsp3) is 0.615. The van der Waals surface area contributed by atoms with Gasteiger partial charge in [0, 0.05) is 23.1 Å². The molecular formula is C13H17BrN2S. The maximum atomic E-state index is 4.72. The molecule has 17 heavy (non-hydrogen) atoms. The van der Waals surface area contributed by atoms with Crippen molar-refractivity contribution in [1.82, 2.24) is 9.38 Å². The van der Waals surface area contributed by atoms with Crippen LogP contribution in [-0.2, 0) is 6.42 Å². The standard InChI is InChI=1S/C13H17BrN2S/c14-10-13(4-2-1-3-5-13)8-11-9-16-6-7-17-12(16)15-11/h6-7,9H,1-5,8,10H2. The molecule has 0 spiro atoms. The van der Waals surface area contributed by atoms with E-state index >= 15 is 0 Å². The SMILES string of the molecule is BrCC1(Cc2cn3ccsc3n2)CCCCC1. The van der Waals surface area contributed by atoms with E-state index in [9.17, 15) is 0 Å². The molecule has 0 bridgehead atoms. The van der Waals surface area contributed by atoms with Gasteiger partial charge in [0.25, 0.3) is 0 Å². The van der Waals surface area contributed by atoms with Gasteiger partial charge in [0.2, 0.25) is 0 Å². The minimum absolute atomic E-state index is 0.461. The van der Waals surface area contributed by atoms with Crippen LogP contribution in [0.1, 0.15) is 37.8 Å². The van der Waals surface area contributed by atoms with Gasteiger partial charge < -0.3 is 0 Å². The van der Waals surface area contributed by atoms with Gasteiger partial charge in [0.05, 0.1) is 5.69 Å². The molecule has 2 aromatic heterocycles. The number of hydrogen-bond donors (Lipinski definition) is 0. The number of thiazole rings is 1. The second kappa shape index (κ2) is 4.73. The first kappa shape index (κ1) is 11.7. The van der Waals surface area contributed by atoms with Crippen molar-refractivity contribution in [2.75, 3.05) is 5.33 Å². The van der Waals surface area contributed by atoms with E-state index < -0.39 is 0 Å². The van der Waals surface area contributed by atoms with Crippen LogP contribution in [0.4, 0.5) is 0 Å². The highest BCUT2D eigenvalue weighted by Crippen LogP contribution is 2.40. The maximum absolute atomic E-state index is 4.72. The van der Waals surface area contributed by atoms with Crippen LogP contribution < -0.4 is 0 Å². The predicted octanol–water partition coefficient (Wildman–Crippen LogP) is 4.28. The molecule has 0 atom stereocenters. The average molecular weight is 313 g/mol. The van der Waals surface area contributed by atoms with E-state index in [-0.39, 0.29) is 0 Å². The van der Waals surface area contributed by atoms with Crippen LogP contribution in [0.15, 0.2) is 17.8 Å². The molecule has 0 amide bonds. The zero-order valence-corrected chi connectivity index (χ0v) is 12.3. The number of fused-ring (bicyclic) bond motifs is 1. The molecule has 1 fully saturated rings. The lowest BCUT2D eigenvalue weighted by atomic mass is 9.73. The summed E-state index contributed by atoms with van der Waals surface area (Å²) in [4.78, 5) is 5.85. The Morgan fingerprint density at radius 3 is 2.88 bits per heavy atom. The largest absolute Gasteiger partial charge is 0.297 e. The summed E-state index contributed by atoms with van der Waals surface area (Å²) in [5.74, 6) is 0. The first-order chi connectivity index (χ1) is 8.31. The molecule has 2 heterocycles. The fourth-order valence-corrected chi connectivity index (χ4v) is 4.38. The van der Waals surface area contributed by atoms with Crippen molar-refractivity contribution >= 4 is 32.2 Å². The van der Waals surface area contributed by atoms with E-state index in [1.165, 1.54) is 37.8 Å². The Hall–Kier alpha value is -0.350.